The quantitative estimate of drug-likeness (QED) is 0.576. The number of aliphatic hydroxyl groups excluding tert-OH is 1. The minimum Gasteiger partial charge on any atom is -0.387 e. The van der Waals surface area contributed by atoms with Crippen LogP contribution in [0.25, 0.3) is 10.9 Å². The van der Waals surface area contributed by atoms with Crippen LogP contribution in [-0.2, 0) is 17.1 Å². The van der Waals surface area contributed by atoms with Gasteiger partial charge in [0.1, 0.15) is 0 Å². The van der Waals surface area contributed by atoms with E-state index in [0.29, 0.717) is 18.7 Å². The van der Waals surface area contributed by atoms with Crippen molar-refractivity contribution in [2.45, 2.75) is 24.8 Å². The maximum atomic E-state index is 12.5. The van der Waals surface area contributed by atoms with E-state index in [9.17, 15) is 18.3 Å². The topological polar surface area (TPSA) is 91.6 Å². The molecular formula is C22H27N3O4S. The highest BCUT2D eigenvalue weighted by Gasteiger charge is 2.21. The molecule has 30 heavy (non-hydrogen) atoms. The fourth-order valence-corrected chi connectivity index (χ4v) is 4.87. The number of hydrogen-bond donors (Lipinski definition) is 2. The average molecular weight is 430 g/mol. The van der Waals surface area contributed by atoms with Crippen molar-refractivity contribution in [1.29, 1.82) is 0 Å². The lowest BCUT2D eigenvalue weighted by Gasteiger charge is -2.18. The number of sulfonamides is 1. The summed E-state index contributed by atoms with van der Waals surface area (Å²) in [6, 6.07) is 13.5. The van der Waals surface area contributed by atoms with Crippen molar-refractivity contribution in [2.75, 3.05) is 19.6 Å². The molecule has 7 nitrogen and oxygen atoms in total. The Labute approximate surface area is 177 Å². The van der Waals surface area contributed by atoms with Gasteiger partial charge in [0.2, 0.25) is 10.0 Å². The van der Waals surface area contributed by atoms with Crippen molar-refractivity contribution in [3.8, 4) is 0 Å². The third-order valence-electron chi connectivity index (χ3n) is 5.21. The summed E-state index contributed by atoms with van der Waals surface area (Å²) in [5.41, 5.74) is 2.11. The van der Waals surface area contributed by atoms with Crippen molar-refractivity contribution in [1.82, 2.24) is 14.2 Å². The largest absolute Gasteiger partial charge is 0.387 e. The van der Waals surface area contributed by atoms with Gasteiger partial charge in [-0.2, -0.15) is 4.31 Å². The van der Waals surface area contributed by atoms with E-state index in [0.717, 1.165) is 16.5 Å². The molecule has 2 aromatic carbocycles. The minimum atomic E-state index is -3.56. The van der Waals surface area contributed by atoms with Crippen LogP contribution in [0, 0.1) is 0 Å². The number of fused-ring (bicyclic) bond motifs is 1. The van der Waals surface area contributed by atoms with Crippen molar-refractivity contribution in [3.63, 3.8) is 0 Å². The molecule has 0 aliphatic carbocycles. The van der Waals surface area contributed by atoms with Gasteiger partial charge in [-0.15, -0.1) is 0 Å². The number of nitrogens with one attached hydrogen (secondary N) is 1. The van der Waals surface area contributed by atoms with Crippen LogP contribution in [0.15, 0.2) is 59.6 Å². The van der Waals surface area contributed by atoms with Gasteiger partial charge in [0.25, 0.3) is 5.91 Å². The first-order valence-corrected chi connectivity index (χ1v) is 11.3. The monoisotopic (exact) mass is 429 g/mol. The van der Waals surface area contributed by atoms with Crippen LogP contribution in [0.2, 0.25) is 0 Å². The summed E-state index contributed by atoms with van der Waals surface area (Å²) in [4.78, 5) is 12.6. The highest BCUT2D eigenvalue weighted by atomic mass is 32.2. The summed E-state index contributed by atoms with van der Waals surface area (Å²) < 4.78 is 28.4. The molecule has 0 aliphatic rings. The molecule has 8 heteroatoms. The Morgan fingerprint density at radius 2 is 1.77 bits per heavy atom. The van der Waals surface area contributed by atoms with E-state index >= 15 is 0 Å². The Balaban J connectivity index is 1.65. The smallest absolute Gasteiger partial charge is 0.251 e. The zero-order chi connectivity index (χ0) is 21.9. The summed E-state index contributed by atoms with van der Waals surface area (Å²) in [6.45, 7) is 4.38. The molecular weight excluding hydrogens is 402 g/mol. The second-order valence-electron chi connectivity index (χ2n) is 7.08. The van der Waals surface area contributed by atoms with Crippen LogP contribution >= 0.6 is 0 Å². The molecule has 0 bridgehead atoms. The lowest BCUT2D eigenvalue weighted by molar-refractivity contribution is 0.0916. The molecule has 1 heterocycles. The molecule has 3 rings (SSSR count). The van der Waals surface area contributed by atoms with Gasteiger partial charge in [0.05, 0.1) is 11.0 Å². The second-order valence-corrected chi connectivity index (χ2v) is 9.02. The highest BCUT2D eigenvalue weighted by Crippen LogP contribution is 2.21. The maximum Gasteiger partial charge on any atom is 0.251 e. The Kier molecular flexibility index (Phi) is 6.60. The SMILES string of the molecule is CCN(CC)S(=O)(=O)c1ccc(C(=O)NCC(O)c2ccc3c(ccn3C)c2)cc1. The molecule has 0 saturated heterocycles. The predicted octanol–water partition coefficient (Wildman–Crippen LogP) is 2.67. The predicted molar refractivity (Wildman–Crippen MR) is 117 cm³/mol. The lowest BCUT2D eigenvalue weighted by Crippen LogP contribution is -2.31. The lowest BCUT2D eigenvalue weighted by atomic mass is 10.1. The minimum absolute atomic E-state index is 0.0523. The van der Waals surface area contributed by atoms with Gasteiger partial charge < -0.3 is 15.0 Å². The van der Waals surface area contributed by atoms with Gasteiger partial charge in [-0.1, -0.05) is 19.9 Å². The standard InChI is InChI=1S/C22H27N3O4S/c1-4-25(5-2)30(28,29)19-9-6-16(7-10-19)22(27)23-15-21(26)18-8-11-20-17(14-18)12-13-24(20)3/h6-14,21,26H,4-5,15H2,1-3H3,(H,23,27). The first kappa shape index (κ1) is 22.0. The van der Waals surface area contributed by atoms with E-state index in [1.165, 1.54) is 28.6 Å². The Hall–Kier alpha value is -2.68. The summed E-state index contributed by atoms with van der Waals surface area (Å²) in [5.74, 6) is -0.373. The van der Waals surface area contributed by atoms with Crippen molar-refractivity contribution in [2.24, 2.45) is 7.05 Å². The average Bonchev–Trinajstić information content (AvgIpc) is 3.12. The van der Waals surface area contributed by atoms with E-state index < -0.39 is 16.1 Å². The summed E-state index contributed by atoms with van der Waals surface area (Å²) >= 11 is 0. The van der Waals surface area contributed by atoms with E-state index in [-0.39, 0.29) is 17.3 Å². The van der Waals surface area contributed by atoms with Crippen molar-refractivity contribution < 1.29 is 18.3 Å². The normalized spacial score (nSPS) is 13.0. The number of hydrogen-bond acceptors (Lipinski definition) is 4. The van der Waals surface area contributed by atoms with Crippen LogP contribution in [0.3, 0.4) is 0 Å². The molecule has 3 aromatic rings. The van der Waals surface area contributed by atoms with E-state index in [1.54, 1.807) is 13.8 Å². The number of amides is 1. The highest BCUT2D eigenvalue weighted by molar-refractivity contribution is 7.89. The number of nitrogens with zero attached hydrogens (tertiary/aromatic N) is 2. The number of aliphatic hydroxyl groups is 1. The molecule has 2 N–H and O–H groups in total. The molecule has 0 aliphatic heterocycles. The second kappa shape index (κ2) is 8.99. The molecule has 1 aromatic heterocycles. The van der Waals surface area contributed by atoms with Crippen molar-refractivity contribution >= 4 is 26.8 Å². The Morgan fingerprint density at radius 1 is 1.10 bits per heavy atom. The van der Waals surface area contributed by atoms with E-state index in [4.69, 9.17) is 0 Å². The number of aromatic nitrogens is 1. The molecule has 0 saturated carbocycles. The molecule has 160 valence electrons. The fraction of sp³-hybridized carbons (Fsp3) is 0.318. The number of carbonyl (C=O) groups excluding carboxylic acids is 1. The number of rotatable bonds is 8. The summed E-state index contributed by atoms with van der Waals surface area (Å²) in [6.07, 6.45) is 1.10. The van der Waals surface area contributed by atoms with Crippen LogP contribution in [0.1, 0.15) is 35.9 Å². The van der Waals surface area contributed by atoms with Gasteiger partial charge in [-0.3, -0.25) is 4.79 Å². The van der Waals surface area contributed by atoms with Crippen LogP contribution < -0.4 is 5.32 Å². The molecule has 1 unspecified atom stereocenters. The van der Waals surface area contributed by atoms with Gasteiger partial charge in [0.15, 0.2) is 0 Å². The van der Waals surface area contributed by atoms with Gasteiger partial charge in [0, 0.05) is 44.0 Å². The Morgan fingerprint density at radius 3 is 2.40 bits per heavy atom. The van der Waals surface area contributed by atoms with Gasteiger partial charge in [-0.05, 0) is 53.4 Å². The maximum absolute atomic E-state index is 12.5. The third-order valence-corrected chi connectivity index (χ3v) is 7.27. The fourth-order valence-electron chi connectivity index (χ4n) is 3.41. The van der Waals surface area contributed by atoms with Crippen LogP contribution in [0.5, 0.6) is 0 Å². The van der Waals surface area contributed by atoms with Gasteiger partial charge in [-0.25, -0.2) is 8.42 Å². The zero-order valence-corrected chi connectivity index (χ0v) is 18.2. The summed E-state index contributed by atoms with van der Waals surface area (Å²) in [7, 11) is -1.61. The van der Waals surface area contributed by atoms with Crippen LogP contribution in [-0.4, -0.2) is 47.9 Å². The molecule has 0 radical (unpaired) electrons. The number of benzene rings is 2. The third kappa shape index (κ3) is 4.40. The van der Waals surface area contributed by atoms with Gasteiger partial charge >= 0.3 is 0 Å². The van der Waals surface area contributed by atoms with Crippen molar-refractivity contribution in [3.05, 3.63) is 65.9 Å². The van der Waals surface area contributed by atoms with E-state index in [1.807, 2.05) is 42.1 Å². The first-order chi connectivity index (χ1) is 14.3. The van der Waals surface area contributed by atoms with E-state index in [2.05, 4.69) is 5.32 Å². The first-order valence-electron chi connectivity index (χ1n) is 9.89. The van der Waals surface area contributed by atoms with Crippen LogP contribution in [0.4, 0.5) is 0 Å². The number of aryl methyl sites for hydroxylation is 1. The molecule has 1 amide bonds. The molecule has 0 spiro atoms. The zero-order valence-electron chi connectivity index (χ0n) is 17.4. The summed E-state index contributed by atoms with van der Waals surface area (Å²) in [5, 5.41) is 14.2. The number of carbonyl (C=O) groups is 1. The Bertz CT molecular complexity index is 1130. The molecule has 0 fully saturated rings. The molecule has 1 atom stereocenters.